The number of nitrogens with one attached hydrogen (secondary N) is 2. The van der Waals surface area contributed by atoms with Gasteiger partial charge < -0.3 is 24.4 Å². The van der Waals surface area contributed by atoms with Gasteiger partial charge in [-0.2, -0.15) is 0 Å². The number of likely N-dealkylation sites (N-methyl/N-ethyl adjacent to an activating group) is 1. The number of carbonyl (C=O) groups excluding carboxylic acids is 3. The lowest BCUT2D eigenvalue weighted by Crippen LogP contribution is -2.46. The molecule has 1 atom stereocenters. The van der Waals surface area contributed by atoms with E-state index in [0.29, 0.717) is 31.0 Å². The third kappa shape index (κ3) is 7.39. The van der Waals surface area contributed by atoms with Gasteiger partial charge in [0, 0.05) is 57.1 Å². The number of pyridine rings is 1. The van der Waals surface area contributed by atoms with Gasteiger partial charge in [-0.3, -0.25) is 10.1 Å². The van der Waals surface area contributed by atoms with Crippen LogP contribution < -0.4 is 10.6 Å². The number of fused-ring (bicyclic) bond motifs is 2. The molecule has 13 heteroatoms. The molecule has 43 heavy (non-hydrogen) atoms. The molecule has 0 fully saturated rings. The monoisotopic (exact) mass is 607 g/mol. The number of amides is 4. The molecule has 2 aromatic carbocycles. The van der Waals surface area contributed by atoms with E-state index in [2.05, 4.69) is 20.6 Å². The molecular weight excluding hydrogens is 577 g/mol. The molecule has 2 aromatic heterocycles. The molecule has 0 bridgehead atoms. The van der Waals surface area contributed by atoms with Gasteiger partial charge in [0.2, 0.25) is 5.91 Å². The Hall–Kier alpha value is -4.71. The van der Waals surface area contributed by atoms with Crippen molar-refractivity contribution in [1.29, 1.82) is 0 Å². The molecule has 1 aliphatic heterocycles. The molecule has 0 aliphatic carbocycles. The number of imidazole rings is 1. The van der Waals surface area contributed by atoms with Gasteiger partial charge in [0.1, 0.15) is 24.1 Å². The summed E-state index contributed by atoms with van der Waals surface area (Å²) in [6.45, 7) is 1.41. The van der Waals surface area contributed by atoms with Crippen LogP contribution >= 0.6 is 11.6 Å². The van der Waals surface area contributed by atoms with Gasteiger partial charge in [0.15, 0.2) is 0 Å². The van der Waals surface area contributed by atoms with E-state index in [-0.39, 0.29) is 36.9 Å². The van der Waals surface area contributed by atoms with Gasteiger partial charge >= 0.3 is 12.1 Å². The number of ether oxygens (including phenoxy) is 1. The van der Waals surface area contributed by atoms with E-state index in [0.717, 1.165) is 16.6 Å². The molecule has 4 amide bonds. The lowest BCUT2D eigenvalue weighted by molar-refractivity contribution is -0.133. The molecular formula is C30H31ClFN7O4. The normalized spacial score (nSPS) is 13.2. The first-order chi connectivity index (χ1) is 20.8. The molecule has 1 aliphatic rings. The standard InChI is InChI=1S/C30H31ClFN7O4/c1-37(29(41)35-17-22-7-4-8-24(32)28(22)31)23(9-10-27(40)39-14-13-38-12-11-33-26(38)18-39)19-43-30(42)36-25-15-20-5-2-3-6-21(20)16-34-25/h2-8,11-12,15-16,23H,9-10,13-14,17-19H2,1H3,(H,35,41)(H,34,36,42)/t23-/m0/s1. The second-order valence-electron chi connectivity index (χ2n) is 10.2. The summed E-state index contributed by atoms with van der Waals surface area (Å²) in [5, 5.41) is 7.08. The Morgan fingerprint density at radius 3 is 2.77 bits per heavy atom. The molecule has 4 aromatic rings. The Labute approximate surface area is 252 Å². The Bertz CT molecular complexity index is 1630. The Morgan fingerprint density at radius 2 is 1.93 bits per heavy atom. The van der Waals surface area contributed by atoms with Crippen LogP contribution in [-0.4, -0.2) is 68.6 Å². The number of anilines is 1. The second-order valence-corrected chi connectivity index (χ2v) is 10.5. The molecule has 5 rings (SSSR count). The van der Waals surface area contributed by atoms with E-state index in [1.54, 1.807) is 36.5 Å². The summed E-state index contributed by atoms with van der Waals surface area (Å²) in [7, 11) is 1.54. The summed E-state index contributed by atoms with van der Waals surface area (Å²) in [4.78, 5) is 50.5. The summed E-state index contributed by atoms with van der Waals surface area (Å²) >= 11 is 6.03. The van der Waals surface area contributed by atoms with Crippen LogP contribution in [0.1, 0.15) is 24.2 Å². The first-order valence-electron chi connectivity index (χ1n) is 13.8. The molecule has 2 N–H and O–H groups in total. The summed E-state index contributed by atoms with van der Waals surface area (Å²) < 4.78 is 21.3. The number of nitrogens with zero attached hydrogens (tertiary/aromatic N) is 5. The highest BCUT2D eigenvalue weighted by Gasteiger charge is 2.26. The van der Waals surface area contributed by atoms with Crippen molar-refractivity contribution in [2.75, 3.05) is 25.5 Å². The van der Waals surface area contributed by atoms with Gasteiger partial charge in [-0.1, -0.05) is 48.0 Å². The average molecular weight is 608 g/mol. The smallest absolute Gasteiger partial charge is 0.412 e. The van der Waals surface area contributed by atoms with Crippen molar-refractivity contribution >= 4 is 46.2 Å². The van der Waals surface area contributed by atoms with Crippen LogP contribution in [0.4, 0.5) is 19.8 Å². The molecule has 3 heterocycles. The quantitative estimate of drug-likeness (QED) is 0.282. The number of halogens is 2. The van der Waals surface area contributed by atoms with Gasteiger partial charge in [0.05, 0.1) is 17.6 Å². The van der Waals surface area contributed by atoms with Crippen molar-refractivity contribution in [3.63, 3.8) is 0 Å². The highest BCUT2D eigenvalue weighted by Crippen LogP contribution is 2.20. The van der Waals surface area contributed by atoms with Gasteiger partial charge in [-0.15, -0.1) is 0 Å². The molecule has 0 spiro atoms. The van der Waals surface area contributed by atoms with E-state index in [1.807, 2.05) is 35.0 Å². The number of carbonyl (C=O) groups is 3. The van der Waals surface area contributed by atoms with Crippen LogP contribution in [0.5, 0.6) is 0 Å². The first-order valence-corrected chi connectivity index (χ1v) is 14.2. The van der Waals surface area contributed by atoms with E-state index in [9.17, 15) is 18.8 Å². The minimum atomic E-state index is -0.748. The number of hydrogen-bond acceptors (Lipinski definition) is 6. The SMILES string of the molecule is CN(C(=O)NCc1cccc(F)c1Cl)[C@@H](CCC(=O)N1CCn2ccnc2C1)COC(=O)Nc1cc2ccccc2cn1. The number of rotatable bonds is 9. The molecule has 0 radical (unpaired) electrons. The molecule has 0 saturated carbocycles. The maximum Gasteiger partial charge on any atom is 0.412 e. The van der Waals surface area contributed by atoms with E-state index in [4.69, 9.17) is 16.3 Å². The van der Waals surface area contributed by atoms with Crippen molar-refractivity contribution in [2.45, 2.75) is 38.5 Å². The summed E-state index contributed by atoms with van der Waals surface area (Å²) in [6, 6.07) is 12.5. The van der Waals surface area contributed by atoms with Crippen molar-refractivity contribution in [3.05, 3.63) is 89.3 Å². The van der Waals surface area contributed by atoms with E-state index >= 15 is 0 Å². The predicted molar refractivity (Wildman–Crippen MR) is 159 cm³/mol. The van der Waals surface area contributed by atoms with Crippen LogP contribution in [0.3, 0.4) is 0 Å². The summed E-state index contributed by atoms with van der Waals surface area (Å²) in [6.07, 6.45) is 4.84. The fourth-order valence-electron chi connectivity index (χ4n) is 4.83. The Balaban J connectivity index is 1.21. The molecule has 11 nitrogen and oxygen atoms in total. The van der Waals surface area contributed by atoms with Crippen LogP contribution in [-0.2, 0) is 29.2 Å². The zero-order chi connectivity index (χ0) is 30.3. The molecule has 0 saturated heterocycles. The number of hydrogen-bond donors (Lipinski definition) is 2. The average Bonchev–Trinajstić information content (AvgIpc) is 3.49. The molecule has 224 valence electrons. The zero-order valence-corrected chi connectivity index (χ0v) is 24.3. The van der Waals surface area contributed by atoms with Crippen molar-refractivity contribution in [3.8, 4) is 0 Å². The first kappa shape index (κ1) is 29.8. The highest BCUT2D eigenvalue weighted by molar-refractivity contribution is 6.31. The maximum atomic E-state index is 13.8. The third-order valence-corrected chi connectivity index (χ3v) is 7.81. The number of urea groups is 1. The van der Waals surface area contributed by atoms with Crippen molar-refractivity contribution in [1.82, 2.24) is 29.7 Å². The fourth-order valence-corrected chi connectivity index (χ4v) is 5.03. The van der Waals surface area contributed by atoms with Crippen molar-refractivity contribution < 1.29 is 23.5 Å². The summed E-state index contributed by atoms with van der Waals surface area (Å²) in [5.74, 6) is 0.450. The highest BCUT2D eigenvalue weighted by atomic mass is 35.5. The number of benzene rings is 2. The van der Waals surface area contributed by atoms with Gasteiger partial charge in [-0.05, 0) is 29.5 Å². The van der Waals surface area contributed by atoms with Crippen LogP contribution in [0, 0.1) is 5.82 Å². The lowest BCUT2D eigenvalue weighted by atomic mass is 10.1. The van der Waals surface area contributed by atoms with E-state index in [1.165, 1.54) is 17.0 Å². The Kier molecular flexibility index (Phi) is 9.35. The Morgan fingerprint density at radius 1 is 1.12 bits per heavy atom. The van der Waals surface area contributed by atoms with Gasteiger partial charge in [0.25, 0.3) is 0 Å². The third-order valence-electron chi connectivity index (χ3n) is 7.39. The van der Waals surface area contributed by atoms with E-state index < -0.39 is 24.0 Å². The topological polar surface area (TPSA) is 122 Å². The minimum absolute atomic E-state index is 0.0131. The van der Waals surface area contributed by atoms with Crippen LogP contribution in [0.2, 0.25) is 5.02 Å². The lowest BCUT2D eigenvalue weighted by Gasteiger charge is -2.30. The maximum absolute atomic E-state index is 13.8. The molecule has 0 unspecified atom stereocenters. The van der Waals surface area contributed by atoms with Crippen LogP contribution in [0.15, 0.2) is 67.1 Å². The fraction of sp³-hybridized carbons (Fsp3) is 0.300. The van der Waals surface area contributed by atoms with Gasteiger partial charge in [-0.25, -0.2) is 23.9 Å². The largest absolute Gasteiger partial charge is 0.447 e. The summed E-state index contributed by atoms with van der Waals surface area (Å²) in [5.41, 5.74) is 0.414. The second kappa shape index (κ2) is 13.5. The minimum Gasteiger partial charge on any atom is -0.447 e. The van der Waals surface area contributed by atoms with Crippen LogP contribution in [0.25, 0.3) is 10.8 Å². The predicted octanol–water partition coefficient (Wildman–Crippen LogP) is 4.81. The number of aromatic nitrogens is 3. The van der Waals surface area contributed by atoms with Crippen molar-refractivity contribution in [2.24, 2.45) is 0 Å². The zero-order valence-electron chi connectivity index (χ0n) is 23.5.